The molecule has 0 bridgehead atoms. The van der Waals surface area contributed by atoms with Crippen LogP contribution in [0.25, 0.3) is 20.5 Å². The molecule has 0 aliphatic carbocycles. The van der Waals surface area contributed by atoms with E-state index in [-0.39, 0.29) is 5.78 Å². The largest absolute Gasteiger partial charge is 0.497 e. The molecule has 0 N–H and O–H groups in total. The van der Waals surface area contributed by atoms with Gasteiger partial charge in [0, 0.05) is 37.0 Å². The van der Waals surface area contributed by atoms with E-state index in [0.29, 0.717) is 28.5 Å². The van der Waals surface area contributed by atoms with Crippen molar-refractivity contribution >= 4 is 54.7 Å². The first-order valence-corrected chi connectivity index (χ1v) is 12.0. The van der Waals surface area contributed by atoms with E-state index in [9.17, 15) is 4.79 Å². The molecule has 6 heteroatoms. The summed E-state index contributed by atoms with van der Waals surface area (Å²) in [7, 11) is 1.60. The van der Waals surface area contributed by atoms with E-state index in [4.69, 9.17) is 21.1 Å². The lowest BCUT2D eigenvalue weighted by atomic mass is 9.97. The van der Waals surface area contributed by atoms with Crippen LogP contribution in [-0.2, 0) is 0 Å². The number of hydrogen-bond acceptors (Lipinski definition) is 4. The van der Waals surface area contributed by atoms with Crippen molar-refractivity contribution in [3.05, 3.63) is 82.4 Å². The first-order valence-electron chi connectivity index (χ1n) is 9.72. The lowest BCUT2D eigenvalue weighted by molar-refractivity contribution is 0.104. The molecule has 0 spiro atoms. The fraction of sp³-hybridized carbons (Fsp3) is 0.160. The van der Waals surface area contributed by atoms with Gasteiger partial charge in [-0.2, -0.15) is 0 Å². The molecule has 1 heterocycles. The average molecular weight is 516 g/mol. The Morgan fingerprint density at radius 3 is 2.45 bits per heavy atom. The van der Waals surface area contributed by atoms with E-state index >= 15 is 0 Å². The van der Waals surface area contributed by atoms with Crippen LogP contribution >= 0.6 is 38.9 Å². The van der Waals surface area contributed by atoms with Crippen LogP contribution in [0.15, 0.2) is 60.7 Å². The fourth-order valence-corrected chi connectivity index (χ4v) is 5.25. The van der Waals surface area contributed by atoms with Crippen molar-refractivity contribution in [1.29, 1.82) is 0 Å². The summed E-state index contributed by atoms with van der Waals surface area (Å²) in [5, 5.41) is 2.23. The van der Waals surface area contributed by atoms with Gasteiger partial charge in [-0.25, -0.2) is 0 Å². The minimum Gasteiger partial charge on any atom is -0.497 e. The standard InChI is InChI=1S/C25H20BrClO3S/c1-15-3-9-20-22(13-15)31-25(19-10-8-18(29-2)14-21(19)27)23(20)24(28)16-4-6-17(7-5-16)30-12-11-26/h3-10,13-14H,11-12H2,1-2H3. The maximum absolute atomic E-state index is 13.7. The zero-order valence-electron chi connectivity index (χ0n) is 17.1. The van der Waals surface area contributed by atoms with E-state index in [0.717, 1.165) is 37.2 Å². The minimum absolute atomic E-state index is 0.0379. The Morgan fingerprint density at radius 1 is 1.03 bits per heavy atom. The summed E-state index contributed by atoms with van der Waals surface area (Å²) in [4.78, 5) is 14.5. The highest BCUT2D eigenvalue weighted by Gasteiger charge is 2.23. The fourth-order valence-electron chi connectivity index (χ4n) is 3.43. The van der Waals surface area contributed by atoms with E-state index in [1.807, 2.05) is 55.5 Å². The number of ether oxygens (including phenoxy) is 2. The normalized spacial score (nSPS) is 11.0. The number of rotatable bonds is 7. The van der Waals surface area contributed by atoms with E-state index in [1.54, 1.807) is 24.5 Å². The number of halogens is 2. The Hall–Kier alpha value is -2.34. The molecule has 0 saturated carbocycles. The summed E-state index contributed by atoms with van der Waals surface area (Å²) >= 11 is 11.5. The molecule has 3 nitrogen and oxygen atoms in total. The van der Waals surface area contributed by atoms with Crippen LogP contribution < -0.4 is 9.47 Å². The highest BCUT2D eigenvalue weighted by molar-refractivity contribution is 9.09. The van der Waals surface area contributed by atoms with Gasteiger partial charge in [-0.3, -0.25) is 4.79 Å². The van der Waals surface area contributed by atoms with Crippen molar-refractivity contribution in [3.63, 3.8) is 0 Å². The highest BCUT2D eigenvalue weighted by atomic mass is 79.9. The second-order valence-corrected chi connectivity index (χ2v) is 9.29. The van der Waals surface area contributed by atoms with E-state index in [2.05, 4.69) is 22.0 Å². The van der Waals surface area contributed by atoms with Gasteiger partial charge in [0.2, 0.25) is 0 Å². The van der Waals surface area contributed by atoms with Crippen LogP contribution in [0.2, 0.25) is 5.02 Å². The third kappa shape index (κ3) is 4.49. The SMILES string of the molecule is COc1ccc(-c2sc3cc(C)ccc3c2C(=O)c2ccc(OCCBr)cc2)c(Cl)c1. The van der Waals surface area contributed by atoms with Crippen LogP contribution in [0, 0.1) is 6.92 Å². The number of fused-ring (bicyclic) bond motifs is 1. The van der Waals surface area contributed by atoms with Gasteiger partial charge >= 0.3 is 0 Å². The highest BCUT2D eigenvalue weighted by Crippen LogP contribution is 2.43. The number of alkyl halides is 1. The maximum atomic E-state index is 13.7. The number of thiophene rings is 1. The first kappa shape index (κ1) is 21.9. The first-order chi connectivity index (χ1) is 15.0. The zero-order valence-corrected chi connectivity index (χ0v) is 20.2. The molecule has 4 aromatic rings. The van der Waals surface area contributed by atoms with Crippen LogP contribution in [-0.4, -0.2) is 24.8 Å². The molecule has 0 atom stereocenters. The Morgan fingerprint density at radius 2 is 1.77 bits per heavy atom. The second-order valence-electron chi connectivity index (χ2n) is 7.04. The monoisotopic (exact) mass is 514 g/mol. The molecule has 3 aromatic carbocycles. The number of benzene rings is 3. The lowest BCUT2D eigenvalue weighted by Crippen LogP contribution is -2.03. The van der Waals surface area contributed by atoms with Gasteiger partial charge in [0.05, 0.1) is 18.7 Å². The summed E-state index contributed by atoms with van der Waals surface area (Å²) in [6.07, 6.45) is 0. The minimum atomic E-state index is -0.0379. The number of carbonyl (C=O) groups is 1. The van der Waals surface area contributed by atoms with Crippen molar-refractivity contribution in [3.8, 4) is 21.9 Å². The zero-order chi connectivity index (χ0) is 22.0. The van der Waals surface area contributed by atoms with Gasteiger partial charge in [-0.1, -0.05) is 39.7 Å². The molecule has 31 heavy (non-hydrogen) atoms. The summed E-state index contributed by atoms with van der Waals surface area (Å²) < 4.78 is 12.0. The van der Waals surface area contributed by atoms with Gasteiger partial charge in [-0.05, 0) is 61.0 Å². The van der Waals surface area contributed by atoms with E-state index in [1.165, 1.54) is 0 Å². The second kappa shape index (κ2) is 9.43. The maximum Gasteiger partial charge on any atom is 0.195 e. The Kier molecular flexibility index (Phi) is 6.65. The Labute approximate surface area is 198 Å². The predicted octanol–water partition coefficient (Wildman–Crippen LogP) is 7.54. The van der Waals surface area contributed by atoms with Gasteiger partial charge in [0.15, 0.2) is 5.78 Å². The number of ketones is 1. The number of hydrogen-bond donors (Lipinski definition) is 0. The molecule has 0 aliphatic rings. The summed E-state index contributed by atoms with van der Waals surface area (Å²) in [6, 6.07) is 19.0. The molecule has 0 radical (unpaired) electrons. The molecule has 0 saturated heterocycles. The molecule has 0 unspecified atom stereocenters. The molecule has 0 aliphatic heterocycles. The number of carbonyl (C=O) groups excluding carboxylic acids is 1. The summed E-state index contributed by atoms with van der Waals surface area (Å²) in [6.45, 7) is 2.62. The smallest absolute Gasteiger partial charge is 0.195 e. The van der Waals surface area contributed by atoms with Gasteiger partial charge in [0.25, 0.3) is 0 Å². The molecule has 0 amide bonds. The van der Waals surface area contributed by atoms with Gasteiger partial charge < -0.3 is 9.47 Å². The lowest BCUT2D eigenvalue weighted by Gasteiger charge is -2.09. The average Bonchev–Trinajstić information content (AvgIpc) is 3.15. The van der Waals surface area contributed by atoms with Crippen molar-refractivity contribution in [2.24, 2.45) is 0 Å². The van der Waals surface area contributed by atoms with Crippen LogP contribution in [0.5, 0.6) is 11.5 Å². The van der Waals surface area contributed by atoms with Gasteiger partial charge in [-0.15, -0.1) is 11.3 Å². The van der Waals surface area contributed by atoms with Crippen molar-refractivity contribution in [2.45, 2.75) is 6.92 Å². The van der Waals surface area contributed by atoms with Crippen LogP contribution in [0.4, 0.5) is 0 Å². The Balaban J connectivity index is 1.84. The molecule has 1 aromatic heterocycles. The van der Waals surface area contributed by atoms with Crippen LogP contribution in [0.3, 0.4) is 0 Å². The predicted molar refractivity (Wildman–Crippen MR) is 133 cm³/mol. The third-order valence-corrected chi connectivity index (χ3v) is 6.78. The number of methoxy groups -OCH3 is 1. The summed E-state index contributed by atoms with van der Waals surface area (Å²) in [5.41, 5.74) is 3.24. The van der Waals surface area contributed by atoms with Crippen molar-refractivity contribution in [1.82, 2.24) is 0 Å². The molecular formula is C25H20BrClO3S. The van der Waals surface area contributed by atoms with Crippen molar-refractivity contribution < 1.29 is 14.3 Å². The Bertz CT molecular complexity index is 1250. The van der Waals surface area contributed by atoms with Crippen LogP contribution in [0.1, 0.15) is 21.5 Å². The van der Waals surface area contributed by atoms with E-state index < -0.39 is 0 Å². The molecule has 4 rings (SSSR count). The quantitative estimate of drug-likeness (QED) is 0.188. The molecule has 0 fully saturated rings. The third-order valence-electron chi connectivity index (χ3n) is 4.96. The van der Waals surface area contributed by atoms with Gasteiger partial charge in [0.1, 0.15) is 11.5 Å². The molecular weight excluding hydrogens is 496 g/mol. The number of aryl methyl sites for hydroxylation is 1. The topological polar surface area (TPSA) is 35.5 Å². The summed E-state index contributed by atoms with van der Waals surface area (Å²) in [5.74, 6) is 1.38. The molecule has 158 valence electrons. The van der Waals surface area contributed by atoms with Crippen molar-refractivity contribution in [2.75, 3.05) is 19.0 Å².